The van der Waals surface area contributed by atoms with Crippen LogP contribution in [0.1, 0.15) is 50.6 Å². The van der Waals surface area contributed by atoms with E-state index in [1.165, 1.54) is 5.56 Å². The Morgan fingerprint density at radius 2 is 2.00 bits per heavy atom. The summed E-state index contributed by atoms with van der Waals surface area (Å²) in [6.07, 6.45) is 2.84. The first-order valence-corrected chi connectivity index (χ1v) is 8.49. The zero-order chi connectivity index (χ0) is 16.8. The van der Waals surface area contributed by atoms with Gasteiger partial charge in [-0.25, -0.2) is 4.98 Å². The molecule has 122 valence electrons. The molecule has 4 nitrogen and oxygen atoms in total. The zero-order valence-electron chi connectivity index (χ0n) is 14.0. The second kappa shape index (κ2) is 5.55. The molecule has 1 fully saturated rings. The van der Waals surface area contributed by atoms with Crippen LogP contribution in [0, 0.1) is 0 Å². The minimum Gasteiger partial charge on any atom is -0.315 e. The van der Waals surface area contributed by atoms with E-state index in [4.69, 9.17) is 0 Å². The first-order chi connectivity index (χ1) is 11.6. The van der Waals surface area contributed by atoms with Crippen molar-refractivity contribution in [2.24, 2.45) is 0 Å². The quantitative estimate of drug-likeness (QED) is 0.666. The number of pyridine rings is 1. The smallest absolute Gasteiger partial charge is 0.163 e. The topological polar surface area (TPSA) is 52.0 Å². The fraction of sp³-hybridized carbons (Fsp3) is 0.350. The number of fused-ring (bicyclic) bond motifs is 3. The van der Waals surface area contributed by atoms with Crippen LogP contribution in [0.15, 0.2) is 36.5 Å². The molecule has 1 saturated carbocycles. The Morgan fingerprint density at radius 1 is 1.17 bits per heavy atom. The third kappa shape index (κ3) is 2.25. The molecule has 3 aromatic rings. The van der Waals surface area contributed by atoms with E-state index in [1.54, 1.807) is 6.20 Å². The summed E-state index contributed by atoms with van der Waals surface area (Å²) >= 11 is 0. The summed E-state index contributed by atoms with van der Waals surface area (Å²) in [5, 5.41) is 2.20. The van der Waals surface area contributed by atoms with Gasteiger partial charge in [-0.05, 0) is 42.2 Å². The molecule has 0 amide bonds. The van der Waals surface area contributed by atoms with Gasteiger partial charge >= 0.3 is 0 Å². The van der Waals surface area contributed by atoms with E-state index in [0.717, 1.165) is 21.9 Å². The lowest BCUT2D eigenvalue weighted by Crippen LogP contribution is -2.27. The first-order valence-electron chi connectivity index (χ1n) is 8.49. The monoisotopic (exact) mass is 320 g/mol. The van der Waals surface area contributed by atoms with Crippen LogP contribution in [0.2, 0.25) is 0 Å². The van der Waals surface area contributed by atoms with Crippen LogP contribution in [0.3, 0.4) is 0 Å². The average Bonchev–Trinajstić information content (AvgIpc) is 2.89. The lowest BCUT2D eigenvalue weighted by atomic mass is 9.92. The molecule has 4 heteroatoms. The van der Waals surface area contributed by atoms with Crippen molar-refractivity contribution in [1.82, 2.24) is 9.55 Å². The van der Waals surface area contributed by atoms with Crippen molar-refractivity contribution in [2.75, 3.05) is 0 Å². The Balaban J connectivity index is 1.99. The largest absolute Gasteiger partial charge is 0.315 e. The molecule has 1 aliphatic rings. The van der Waals surface area contributed by atoms with Gasteiger partial charge in [-0.3, -0.25) is 9.59 Å². The van der Waals surface area contributed by atoms with Gasteiger partial charge < -0.3 is 4.57 Å². The van der Waals surface area contributed by atoms with Gasteiger partial charge in [0, 0.05) is 23.4 Å². The molecule has 0 aliphatic heterocycles. The molecule has 0 bridgehead atoms. The number of rotatable bonds is 2. The highest BCUT2D eigenvalue weighted by atomic mass is 16.2. The van der Waals surface area contributed by atoms with Crippen LogP contribution in [-0.2, 0) is 9.59 Å². The Morgan fingerprint density at radius 3 is 2.75 bits per heavy atom. The van der Waals surface area contributed by atoms with Crippen molar-refractivity contribution in [2.45, 2.75) is 45.1 Å². The predicted octanol–water partition coefficient (Wildman–Crippen LogP) is 4.18. The van der Waals surface area contributed by atoms with Crippen LogP contribution < -0.4 is 0 Å². The fourth-order valence-corrected chi connectivity index (χ4v) is 3.70. The molecule has 0 radical (unpaired) electrons. The van der Waals surface area contributed by atoms with Crippen molar-refractivity contribution in [3.63, 3.8) is 0 Å². The van der Waals surface area contributed by atoms with E-state index in [1.807, 2.05) is 10.6 Å². The molecule has 2 heterocycles. The lowest BCUT2D eigenvalue weighted by Gasteiger charge is -2.23. The molecule has 0 N–H and O–H groups in total. The van der Waals surface area contributed by atoms with Crippen LogP contribution >= 0.6 is 0 Å². The number of nitrogens with zero attached hydrogens (tertiary/aromatic N) is 2. The highest BCUT2D eigenvalue weighted by molar-refractivity contribution is 6.09. The Bertz CT molecular complexity index is 968. The summed E-state index contributed by atoms with van der Waals surface area (Å²) in [5.74, 6) is 0.495. The van der Waals surface area contributed by atoms with E-state index in [2.05, 4.69) is 43.1 Å². The van der Waals surface area contributed by atoms with Gasteiger partial charge in [0.05, 0.1) is 18.0 Å². The van der Waals surface area contributed by atoms with E-state index in [-0.39, 0.29) is 24.0 Å². The van der Waals surface area contributed by atoms with Gasteiger partial charge in [0.2, 0.25) is 0 Å². The number of hydrogen-bond donors (Lipinski definition) is 0. The van der Waals surface area contributed by atoms with Crippen LogP contribution in [0.5, 0.6) is 0 Å². The molecule has 1 aromatic carbocycles. The van der Waals surface area contributed by atoms with Crippen molar-refractivity contribution < 1.29 is 9.59 Å². The molecule has 1 atom stereocenters. The maximum Gasteiger partial charge on any atom is 0.163 e. The normalized spacial score (nSPS) is 18.9. The number of ketones is 2. The third-order valence-corrected chi connectivity index (χ3v) is 5.00. The minimum absolute atomic E-state index is 0.00337. The minimum atomic E-state index is -0.289. The third-order valence-electron chi connectivity index (χ3n) is 5.00. The van der Waals surface area contributed by atoms with E-state index in [9.17, 15) is 9.59 Å². The number of Topliss-reactive ketones (excluding diaryl/α,β-unsaturated/α-hetero) is 2. The van der Waals surface area contributed by atoms with Gasteiger partial charge in [0.1, 0.15) is 11.4 Å². The molecule has 24 heavy (non-hydrogen) atoms. The van der Waals surface area contributed by atoms with Crippen molar-refractivity contribution in [3.8, 4) is 0 Å². The summed E-state index contributed by atoms with van der Waals surface area (Å²) in [6.45, 7) is 4.35. The van der Waals surface area contributed by atoms with Gasteiger partial charge in [-0.2, -0.15) is 0 Å². The number of carbonyl (C=O) groups is 2. The predicted molar refractivity (Wildman–Crippen MR) is 94.2 cm³/mol. The van der Waals surface area contributed by atoms with Crippen molar-refractivity contribution >= 4 is 33.5 Å². The summed E-state index contributed by atoms with van der Waals surface area (Å²) in [4.78, 5) is 28.6. The standard InChI is InChI=1S/C20H20N2O2/c1-12(2)13-5-7-17-16(10-13)15-4-3-9-21-20(15)22(17)18-8-6-14(23)11-19(18)24/h3-5,7,9-10,12,18H,6,8,11H2,1-2H3. The summed E-state index contributed by atoms with van der Waals surface area (Å²) in [6, 6.07) is 10.1. The fourth-order valence-electron chi connectivity index (χ4n) is 3.70. The Kier molecular flexibility index (Phi) is 3.48. The Hall–Kier alpha value is -2.49. The highest BCUT2D eigenvalue weighted by Gasteiger charge is 2.31. The number of aromatic nitrogens is 2. The summed E-state index contributed by atoms with van der Waals surface area (Å²) < 4.78 is 2.05. The van der Waals surface area contributed by atoms with Gasteiger partial charge in [-0.15, -0.1) is 0 Å². The average molecular weight is 320 g/mol. The van der Waals surface area contributed by atoms with Gasteiger partial charge in [0.25, 0.3) is 0 Å². The van der Waals surface area contributed by atoms with E-state index < -0.39 is 0 Å². The van der Waals surface area contributed by atoms with Gasteiger partial charge in [-0.1, -0.05) is 19.9 Å². The van der Waals surface area contributed by atoms with E-state index >= 15 is 0 Å². The Labute approximate surface area is 140 Å². The highest BCUT2D eigenvalue weighted by Crippen LogP contribution is 2.35. The second-order valence-electron chi connectivity index (χ2n) is 6.91. The molecule has 4 rings (SSSR count). The maximum absolute atomic E-state index is 12.5. The molecule has 0 saturated heterocycles. The van der Waals surface area contributed by atoms with Crippen molar-refractivity contribution in [1.29, 1.82) is 0 Å². The van der Waals surface area contributed by atoms with E-state index in [0.29, 0.717) is 18.8 Å². The molecule has 2 aromatic heterocycles. The van der Waals surface area contributed by atoms with Gasteiger partial charge in [0.15, 0.2) is 5.78 Å². The molecule has 0 spiro atoms. The molecular formula is C20H20N2O2. The first kappa shape index (κ1) is 15.1. The van der Waals surface area contributed by atoms with Crippen LogP contribution in [-0.4, -0.2) is 21.1 Å². The number of benzene rings is 1. The summed E-state index contributed by atoms with van der Waals surface area (Å²) in [7, 11) is 0. The molecule has 1 unspecified atom stereocenters. The van der Waals surface area contributed by atoms with Crippen LogP contribution in [0.25, 0.3) is 21.9 Å². The number of hydrogen-bond acceptors (Lipinski definition) is 3. The molecule has 1 aliphatic carbocycles. The van der Waals surface area contributed by atoms with Crippen molar-refractivity contribution in [3.05, 3.63) is 42.1 Å². The zero-order valence-corrected chi connectivity index (χ0v) is 14.0. The lowest BCUT2D eigenvalue weighted by molar-refractivity contribution is -0.131. The molecular weight excluding hydrogens is 300 g/mol. The number of carbonyl (C=O) groups excluding carboxylic acids is 2. The summed E-state index contributed by atoms with van der Waals surface area (Å²) in [5.41, 5.74) is 3.14. The van der Waals surface area contributed by atoms with Crippen LogP contribution in [0.4, 0.5) is 0 Å². The maximum atomic E-state index is 12.5. The SMILES string of the molecule is CC(C)c1ccc2c(c1)c1cccnc1n2C1CCC(=O)CC1=O. The second-order valence-corrected chi connectivity index (χ2v) is 6.91.